The first-order chi connectivity index (χ1) is 25.8. The number of nitrogens with zero attached hydrogens (tertiary/aromatic N) is 7. The Morgan fingerprint density at radius 1 is 0.943 bits per heavy atom. The van der Waals surface area contributed by atoms with Crippen molar-refractivity contribution in [1.82, 2.24) is 34.8 Å². The largest absolute Gasteiger partial charge is 0.497 e. The van der Waals surface area contributed by atoms with Gasteiger partial charge in [0.15, 0.2) is 17.4 Å². The number of carbonyl (C=O) groups excluding carboxylic acids is 2. The second kappa shape index (κ2) is 14.3. The number of H-pyrrole nitrogens is 1. The first-order valence-electron chi connectivity index (χ1n) is 17.9. The van der Waals surface area contributed by atoms with Gasteiger partial charge in [0, 0.05) is 68.9 Å². The molecule has 12 nitrogen and oxygen atoms in total. The zero-order chi connectivity index (χ0) is 36.6. The summed E-state index contributed by atoms with van der Waals surface area (Å²) in [5.41, 5.74) is 4.54. The summed E-state index contributed by atoms with van der Waals surface area (Å²) < 4.78 is 43.2. The lowest BCUT2D eigenvalue weighted by Gasteiger charge is -2.35. The molecule has 1 aliphatic carbocycles. The quantitative estimate of drug-likeness (QED) is 0.196. The standard InChI is InChI=1S/C39H40F2N8O4/c1-52-27-7-8-28(29(19-27)24-5-6-24)31-20-30(25-4-3-11-48(23-25)35(50)9-12-49-13-10-43-45-49)36(41)37-32(31)21-33(44-37)39(51)47-16-14-46(15-17-47)38-34(53-2)18-26(40)22-42-38/h4,7-8,10,13,18-22,24,44H,3,5-6,9,11-12,14-17,23H2,1-2H3. The van der Waals surface area contributed by atoms with Gasteiger partial charge in [-0.05, 0) is 71.7 Å². The van der Waals surface area contributed by atoms with Crippen LogP contribution in [0.4, 0.5) is 14.6 Å². The number of carbonyl (C=O) groups is 2. The van der Waals surface area contributed by atoms with E-state index in [9.17, 15) is 14.0 Å². The van der Waals surface area contributed by atoms with Gasteiger partial charge in [-0.1, -0.05) is 17.4 Å². The molecule has 1 N–H and O–H groups in total. The van der Waals surface area contributed by atoms with Gasteiger partial charge < -0.3 is 29.2 Å². The normalized spacial score (nSPS) is 16.2. The molecular formula is C39H40F2N8O4. The van der Waals surface area contributed by atoms with Crippen molar-refractivity contribution in [2.75, 3.05) is 58.4 Å². The second-order valence-electron chi connectivity index (χ2n) is 13.7. The van der Waals surface area contributed by atoms with E-state index in [0.717, 1.165) is 47.1 Å². The molecule has 5 aromatic rings. The molecule has 2 aromatic carbocycles. The van der Waals surface area contributed by atoms with Crippen LogP contribution in [-0.2, 0) is 11.3 Å². The third-order valence-electron chi connectivity index (χ3n) is 10.4. The molecule has 5 heterocycles. The van der Waals surface area contributed by atoms with Crippen LogP contribution < -0.4 is 14.4 Å². The van der Waals surface area contributed by atoms with E-state index in [2.05, 4.69) is 26.3 Å². The Morgan fingerprint density at radius 3 is 2.51 bits per heavy atom. The summed E-state index contributed by atoms with van der Waals surface area (Å²) in [4.78, 5) is 40.2. The molecule has 0 radical (unpaired) electrons. The van der Waals surface area contributed by atoms with Crippen molar-refractivity contribution in [3.63, 3.8) is 0 Å². The van der Waals surface area contributed by atoms with Crippen LogP contribution >= 0.6 is 0 Å². The lowest BCUT2D eigenvalue weighted by Crippen LogP contribution is -2.49. The van der Waals surface area contributed by atoms with Gasteiger partial charge in [0.2, 0.25) is 5.91 Å². The minimum Gasteiger partial charge on any atom is -0.497 e. The molecule has 1 saturated carbocycles. The molecule has 274 valence electrons. The van der Waals surface area contributed by atoms with Crippen LogP contribution in [0.3, 0.4) is 0 Å². The number of hydrogen-bond donors (Lipinski definition) is 1. The minimum absolute atomic E-state index is 0.0412. The van der Waals surface area contributed by atoms with Crippen LogP contribution in [0.25, 0.3) is 27.6 Å². The zero-order valence-corrected chi connectivity index (χ0v) is 29.6. The second-order valence-corrected chi connectivity index (χ2v) is 13.7. The third-order valence-corrected chi connectivity index (χ3v) is 10.4. The van der Waals surface area contributed by atoms with Crippen molar-refractivity contribution in [2.45, 2.75) is 38.1 Å². The average molecular weight is 723 g/mol. The van der Waals surface area contributed by atoms with Crippen LogP contribution in [0, 0.1) is 11.6 Å². The molecule has 0 atom stereocenters. The first-order valence-corrected chi connectivity index (χ1v) is 17.9. The lowest BCUT2D eigenvalue weighted by molar-refractivity contribution is -0.131. The summed E-state index contributed by atoms with van der Waals surface area (Å²) in [7, 11) is 3.11. The number of aromatic amines is 1. The maximum absolute atomic E-state index is 16.9. The molecule has 3 aromatic heterocycles. The molecule has 14 heteroatoms. The van der Waals surface area contributed by atoms with E-state index < -0.39 is 11.6 Å². The number of rotatable bonds is 10. The Balaban J connectivity index is 1.12. The monoisotopic (exact) mass is 722 g/mol. The van der Waals surface area contributed by atoms with Crippen LogP contribution in [0.1, 0.15) is 53.2 Å². The van der Waals surface area contributed by atoms with Gasteiger partial charge in [0.05, 0.1) is 38.7 Å². The number of amides is 2. The predicted octanol–water partition coefficient (Wildman–Crippen LogP) is 5.66. The van der Waals surface area contributed by atoms with Crippen LogP contribution in [0.15, 0.2) is 61.1 Å². The van der Waals surface area contributed by atoms with Crippen molar-refractivity contribution in [2.24, 2.45) is 0 Å². The number of benzene rings is 2. The number of pyridine rings is 1. The Bertz CT molecular complexity index is 2210. The predicted molar refractivity (Wildman–Crippen MR) is 195 cm³/mol. The summed E-state index contributed by atoms with van der Waals surface area (Å²) in [6.45, 7) is 2.91. The fourth-order valence-corrected chi connectivity index (χ4v) is 7.44. The van der Waals surface area contributed by atoms with Crippen LogP contribution in [-0.4, -0.2) is 100 Å². The maximum Gasteiger partial charge on any atom is 0.270 e. The molecule has 0 unspecified atom stereocenters. The Hall–Kier alpha value is -5.79. The van der Waals surface area contributed by atoms with Crippen molar-refractivity contribution < 1.29 is 27.8 Å². The van der Waals surface area contributed by atoms with E-state index in [1.165, 1.54) is 13.2 Å². The van der Waals surface area contributed by atoms with E-state index in [1.807, 2.05) is 29.2 Å². The van der Waals surface area contributed by atoms with E-state index in [1.54, 1.807) is 40.1 Å². The van der Waals surface area contributed by atoms with Crippen molar-refractivity contribution in [1.29, 1.82) is 0 Å². The number of ether oxygens (including phenoxy) is 2. The Labute approximate surface area is 305 Å². The fraction of sp³-hybridized carbons (Fsp3) is 0.359. The van der Waals surface area contributed by atoms with Gasteiger partial charge in [-0.3, -0.25) is 14.3 Å². The molecule has 2 amide bonds. The summed E-state index contributed by atoms with van der Waals surface area (Å²) in [6.07, 6.45) is 9.39. The first kappa shape index (κ1) is 34.3. The average Bonchev–Trinajstić information content (AvgIpc) is 3.71. The van der Waals surface area contributed by atoms with E-state index in [0.29, 0.717) is 74.1 Å². The van der Waals surface area contributed by atoms with Gasteiger partial charge in [-0.2, -0.15) is 0 Å². The van der Waals surface area contributed by atoms with Gasteiger partial charge >= 0.3 is 0 Å². The van der Waals surface area contributed by atoms with E-state index in [4.69, 9.17) is 9.47 Å². The van der Waals surface area contributed by atoms with Crippen molar-refractivity contribution in [3.8, 4) is 22.6 Å². The molecule has 0 bridgehead atoms. The molecular weight excluding hydrogens is 682 g/mol. The number of piperazine rings is 1. The number of aryl methyl sites for hydroxylation is 1. The van der Waals surface area contributed by atoms with Gasteiger partial charge in [-0.25, -0.2) is 13.8 Å². The third kappa shape index (κ3) is 6.80. The molecule has 2 aliphatic heterocycles. The highest BCUT2D eigenvalue weighted by molar-refractivity contribution is 6.05. The Kier molecular flexibility index (Phi) is 9.27. The van der Waals surface area contributed by atoms with Crippen molar-refractivity contribution in [3.05, 3.63) is 89.5 Å². The SMILES string of the molecule is COc1ccc(-c2cc(C3=CCCN(C(=O)CCn4ccnn4)C3)c(F)c3[nH]c(C(=O)N4CCN(c5ncc(F)cc5OC)CC4)cc23)c(C2CC2)c1. The van der Waals surface area contributed by atoms with Crippen molar-refractivity contribution >= 4 is 34.1 Å². The zero-order valence-electron chi connectivity index (χ0n) is 29.6. The highest BCUT2D eigenvalue weighted by atomic mass is 19.1. The smallest absolute Gasteiger partial charge is 0.270 e. The Morgan fingerprint density at radius 2 is 1.77 bits per heavy atom. The number of aromatic nitrogens is 5. The highest BCUT2D eigenvalue weighted by Crippen LogP contribution is 2.48. The fourth-order valence-electron chi connectivity index (χ4n) is 7.44. The summed E-state index contributed by atoms with van der Waals surface area (Å²) in [6, 6.07) is 10.9. The number of methoxy groups -OCH3 is 2. The van der Waals surface area contributed by atoms with Gasteiger partial charge in [0.1, 0.15) is 17.3 Å². The topological polar surface area (TPSA) is 122 Å². The summed E-state index contributed by atoms with van der Waals surface area (Å²) in [5, 5.41) is 8.37. The summed E-state index contributed by atoms with van der Waals surface area (Å²) in [5.74, 6) is 0.719. The van der Waals surface area contributed by atoms with E-state index >= 15 is 4.39 Å². The van der Waals surface area contributed by atoms with Crippen LogP contribution in [0.5, 0.6) is 11.5 Å². The highest BCUT2D eigenvalue weighted by Gasteiger charge is 2.31. The molecule has 1 saturated heterocycles. The van der Waals surface area contributed by atoms with Gasteiger partial charge in [-0.15, -0.1) is 5.10 Å². The van der Waals surface area contributed by atoms with Gasteiger partial charge in [0.25, 0.3) is 5.91 Å². The minimum atomic E-state index is -0.489. The number of anilines is 1. The molecule has 8 rings (SSSR count). The number of hydrogen-bond acceptors (Lipinski definition) is 8. The van der Waals surface area contributed by atoms with Crippen LogP contribution in [0.2, 0.25) is 0 Å². The molecule has 3 aliphatic rings. The number of halogens is 2. The number of fused-ring (bicyclic) bond motifs is 1. The molecule has 53 heavy (non-hydrogen) atoms. The number of nitrogens with one attached hydrogen (secondary N) is 1. The van der Waals surface area contributed by atoms with E-state index in [-0.39, 0.29) is 36.0 Å². The molecule has 2 fully saturated rings. The lowest BCUT2D eigenvalue weighted by atomic mass is 9.90. The maximum atomic E-state index is 16.9. The summed E-state index contributed by atoms with van der Waals surface area (Å²) >= 11 is 0. The molecule has 0 spiro atoms.